The van der Waals surface area contributed by atoms with E-state index in [1.165, 1.54) is 12.8 Å². The fourth-order valence-electron chi connectivity index (χ4n) is 2.00. The van der Waals surface area contributed by atoms with Gasteiger partial charge in [0.15, 0.2) is 0 Å². The maximum atomic E-state index is 11.1. The first-order chi connectivity index (χ1) is 7.72. The Morgan fingerprint density at radius 2 is 1.65 bits per heavy atom. The lowest BCUT2D eigenvalue weighted by Gasteiger charge is -2.18. The van der Waals surface area contributed by atoms with Crippen LogP contribution in [-0.2, 0) is 4.79 Å². The Morgan fingerprint density at radius 1 is 1.12 bits per heavy atom. The first-order valence-corrected chi connectivity index (χ1v) is 6.95. The number of carbonyl (C=O) groups excluding carboxylic acids is 1. The molecule has 0 saturated carbocycles. The van der Waals surface area contributed by atoms with Gasteiger partial charge in [-0.15, -0.1) is 0 Å². The van der Waals surface area contributed by atoms with Crippen molar-refractivity contribution in [2.24, 2.45) is 11.8 Å². The molecule has 0 heterocycles. The second-order valence-electron chi connectivity index (χ2n) is 6.25. The molecule has 0 amide bonds. The van der Waals surface area contributed by atoms with Crippen LogP contribution in [0.15, 0.2) is 0 Å². The molecule has 2 heteroatoms. The zero-order valence-corrected chi connectivity index (χ0v) is 12.3. The molecule has 0 fully saturated rings. The molecule has 0 bridgehead atoms. The third-order valence-electron chi connectivity index (χ3n) is 3.51. The fourth-order valence-corrected chi connectivity index (χ4v) is 2.00. The molecule has 0 spiro atoms. The van der Waals surface area contributed by atoms with Gasteiger partial charge in [-0.05, 0) is 39.5 Å². The van der Waals surface area contributed by atoms with Gasteiger partial charge >= 0.3 is 0 Å². The van der Waals surface area contributed by atoms with Crippen molar-refractivity contribution in [3.63, 3.8) is 0 Å². The van der Waals surface area contributed by atoms with Crippen LogP contribution in [0.3, 0.4) is 0 Å². The largest absolute Gasteiger partial charge is 0.390 e. The van der Waals surface area contributed by atoms with Gasteiger partial charge in [-0.1, -0.05) is 39.5 Å². The first kappa shape index (κ1) is 16.6. The summed E-state index contributed by atoms with van der Waals surface area (Å²) in [6, 6.07) is 0. The van der Waals surface area contributed by atoms with Gasteiger partial charge in [0, 0.05) is 5.92 Å². The van der Waals surface area contributed by atoms with Crippen LogP contribution in [0.25, 0.3) is 0 Å². The van der Waals surface area contributed by atoms with E-state index < -0.39 is 5.60 Å². The molecule has 0 aliphatic heterocycles. The summed E-state index contributed by atoms with van der Waals surface area (Å²) < 4.78 is 0. The highest BCUT2D eigenvalue weighted by molar-refractivity contribution is 5.77. The lowest BCUT2D eigenvalue weighted by Crippen LogP contribution is -2.18. The van der Waals surface area contributed by atoms with Gasteiger partial charge in [-0.2, -0.15) is 0 Å². The Bertz CT molecular complexity index is 215. The van der Waals surface area contributed by atoms with Crippen LogP contribution in [0.1, 0.15) is 73.1 Å². The van der Waals surface area contributed by atoms with Gasteiger partial charge < -0.3 is 5.11 Å². The zero-order valence-electron chi connectivity index (χ0n) is 12.3. The van der Waals surface area contributed by atoms with E-state index in [0.717, 1.165) is 25.7 Å². The molecular weight excluding hydrogens is 212 g/mol. The van der Waals surface area contributed by atoms with E-state index in [9.17, 15) is 9.90 Å². The number of aliphatic hydroxyl groups is 1. The number of Topliss-reactive ketones (excluding diaryl/α,β-unsaturated/α-hetero) is 1. The average molecular weight is 242 g/mol. The van der Waals surface area contributed by atoms with Crippen LogP contribution < -0.4 is 0 Å². The van der Waals surface area contributed by atoms with Crippen molar-refractivity contribution in [1.82, 2.24) is 0 Å². The Hall–Kier alpha value is -0.370. The van der Waals surface area contributed by atoms with Crippen molar-refractivity contribution >= 4 is 5.78 Å². The van der Waals surface area contributed by atoms with Gasteiger partial charge in [0.2, 0.25) is 0 Å². The van der Waals surface area contributed by atoms with E-state index in [1.54, 1.807) is 6.92 Å². The van der Waals surface area contributed by atoms with Crippen LogP contribution >= 0.6 is 0 Å². The van der Waals surface area contributed by atoms with Crippen molar-refractivity contribution in [1.29, 1.82) is 0 Å². The van der Waals surface area contributed by atoms with Crippen LogP contribution in [-0.4, -0.2) is 16.5 Å². The van der Waals surface area contributed by atoms with Crippen molar-refractivity contribution in [2.45, 2.75) is 78.7 Å². The summed E-state index contributed by atoms with van der Waals surface area (Å²) in [5, 5.41) is 9.60. The number of hydrogen-bond donors (Lipinski definition) is 1. The Kier molecular flexibility index (Phi) is 7.69. The second-order valence-corrected chi connectivity index (χ2v) is 6.25. The smallest absolute Gasteiger partial charge is 0.132 e. The number of hydrogen-bond acceptors (Lipinski definition) is 2. The molecule has 2 unspecified atom stereocenters. The minimum absolute atomic E-state index is 0.221. The molecule has 1 N–H and O–H groups in total. The van der Waals surface area contributed by atoms with Crippen molar-refractivity contribution < 1.29 is 9.90 Å². The average Bonchev–Trinajstić information content (AvgIpc) is 2.15. The molecule has 0 aliphatic rings. The maximum Gasteiger partial charge on any atom is 0.132 e. The predicted molar refractivity (Wildman–Crippen MR) is 73.0 cm³/mol. The molecule has 0 aromatic rings. The topological polar surface area (TPSA) is 37.3 Å². The molecule has 17 heavy (non-hydrogen) atoms. The van der Waals surface area contributed by atoms with E-state index in [0.29, 0.717) is 11.7 Å². The highest BCUT2D eigenvalue weighted by Crippen LogP contribution is 2.20. The SMILES string of the molecule is CC(=O)C(C)CCCC(C)CCCC(C)(C)O. The van der Waals surface area contributed by atoms with Crippen LogP contribution in [0, 0.1) is 11.8 Å². The van der Waals surface area contributed by atoms with Crippen molar-refractivity contribution in [3.8, 4) is 0 Å². The summed E-state index contributed by atoms with van der Waals surface area (Å²) in [7, 11) is 0. The van der Waals surface area contributed by atoms with Gasteiger partial charge in [-0.25, -0.2) is 0 Å². The fraction of sp³-hybridized carbons (Fsp3) is 0.933. The van der Waals surface area contributed by atoms with Crippen LogP contribution in [0.4, 0.5) is 0 Å². The molecule has 2 nitrogen and oxygen atoms in total. The molecule has 0 rings (SSSR count). The number of ketones is 1. The molecule has 2 atom stereocenters. The highest BCUT2D eigenvalue weighted by atomic mass is 16.3. The van der Waals surface area contributed by atoms with E-state index in [2.05, 4.69) is 6.92 Å². The zero-order chi connectivity index (χ0) is 13.5. The highest BCUT2D eigenvalue weighted by Gasteiger charge is 2.13. The summed E-state index contributed by atoms with van der Waals surface area (Å²) in [6.07, 6.45) is 6.51. The molecule has 0 radical (unpaired) electrons. The molecular formula is C15H30O2. The summed E-state index contributed by atoms with van der Waals surface area (Å²) in [5.74, 6) is 1.23. The standard InChI is InChI=1S/C15H30O2/c1-12(9-7-11-15(4,5)17)8-6-10-13(2)14(3)16/h12-13,17H,6-11H2,1-5H3. The molecule has 0 aromatic carbocycles. The van der Waals surface area contributed by atoms with Crippen LogP contribution in [0.5, 0.6) is 0 Å². The minimum atomic E-state index is -0.525. The third-order valence-corrected chi connectivity index (χ3v) is 3.51. The molecule has 0 aromatic heterocycles. The quantitative estimate of drug-likeness (QED) is 0.664. The summed E-state index contributed by atoms with van der Waals surface area (Å²) in [6.45, 7) is 9.69. The maximum absolute atomic E-state index is 11.1. The summed E-state index contributed by atoms with van der Waals surface area (Å²) >= 11 is 0. The Balaban J connectivity index is 3.53. The Labute approximate surface area is 107 Å². The van der Waals surface area contributed by atoms with E-state index in [1.807, 2.05) is 20.8 Å². The Morgan fingerprint density at radius 3 is 2.12 bits per heavy atom. The monoisotopic (exact) mass is 242 g/mol. The minimum Gasteiger partial charge on any atom is -0.390 e. The van der Waals surface area contributed by atoms with Gasteiger partial charge in [0.1, 0.15) is 5.78 Å². The third kappa shape index (κ3) is 10.5. The number of rotatable bonds is 9. The van der Waals surface area contributed by atoms with Crippen molar-refractivity contribution in [2.75, 3.05) is 0 Å². The van der Waals surface area contributed by atoms with Gasteiger partial charge in [-0.3, -0.25) is 4.79 Å². The predicted octanol–water partition coefficient (Wildman–Crippen LogP) is 3.96. The van der Waals surface area contributed by atoms with Gasteiger partial charge in [0.05, 0.1) is 5.60 Å². The van der Waals surface area contributed by atoms with Crippen molar-refractivity contribution in [3.05, 3.63) is 0 Å². The number of carbonyl (C=O) groups is 1. The summed E-state index contributed by atoms with van der Waals surface area (Å²) in [5.41, 5.74) is -0.525. The van der Waals surface area contributed by atoms with E-state index in [-0.39, 0.29) is 5.92 Å². The molecule has 0 aliphatic carbocycles. The van der Waals surface area contributed by atoms with Crippen LogP contribution in [0.2, 0.25) is 0 Å². The van der Waals surface area contributed by atoms with E-state index >= 15 is 0 Å². The van der Waals surface area contributed by atoms with Gasteiger partial charge in [0.25, 0.3) is 0 Å². The second kappa shape index (κ2) is 7.86. The molecule has 102 valence electrons. The first-order valence-electron chi connectivity index (χ1n) is 6.95. The lowest BCUT2D eigenvalue weighted by atomic mass is 9.92. The lowest BCUT2D eigenvalue weighted by molar-refractivity contribution is -0.120. The normalized spacial score (nSPS) is 15.6. The summed E-state index contributed by atoms with van der Waals surface area (Å²) in [4.78, 5) is 11.1. The molecule has 0 saturated heterocycles. The van der Waals surface area contributed by atoms with E-state index in [4.69, 9.17) is 0 Å².